The van der Waals surface area contributed by atoms with Gasteiger partial charge < -0.3 is 19.6 Å². The van der Waals surface area contributed by atoms with Crippen molar-refractivity contribution >= 4 is 11.6 Å². The Hall–Kier alpha value is -1.59. The number of carbonyl (C=O) groups excluding carboxylic acids is 1. The third-order valence-electron chi connectivity index (χ3n) is 7.39. The SMILES string of the molecule is O=C1c2cccc3c2N(CC3)CCN1CCN1CCC(N2CCCCC2)CC1. The second-order valence-corrected chi connectivity index (χ2v) is 9.01. The number of carbonyl (C=O) groups is 1. The summed E-state index contributed by atoms with van der Waals surface area (Å²) in [6, 6.07) is 7.08. The first-order valence-corrected chi connectivity index (χ1v) is 11.4. The molecule has 0 aliphatic carbocycles. The molecule has 4 heterocycles. The molecular formula is C23H34N4O. The van der Waals surface area contributed by atoms with E-state index in [-0.39, 0.29) is 5.91 Å². The Bertz CT molecular complexity index is 707. The molecule has 28 heavy (non-hydrogen) atoms. The van der Waals surface area contributed by atoms with Gasteiger partial charge in [-0.15, -0.1) is 0 Å². The maximum atomic E-state index is 13.2. The van der Waals surface area contributed by atoms with Crippen molar-refractivity contribution in [2.45, 2.75) is 44.6 Å². The van der Waals surface area contributed by atoms with Gasteiger partial charge in [0.15, 0.2) is 0 Å². The van der Waals surface area contributed by atoms with Gasteiger partial charge >= 0.3 is 0 Å². The van der Waals surface area contributed by atoms with Crippen molar-refractivity contribution < 1.29 is 4.79 Å². The quantitative estimate of drug-likeness (QED) is 0.800. The van der Waals surface area contributed by atoms with Crippen LogP contribution in [0.4, 0.5) is 5.69 Å². The van der Waals surface area contributed by atoms with E-state index < -0.39 is 0 Å². The Labute approximate surface area is 169 Å². The van der Waals surface area contributed by atoms with Crippen LogP contribution in [0.3, 0.4) is 0 Å². The number of amides is 1. The Morgan fingerprint density at radius 3 is 2.50 bits per heavy atom. The van der Waals surface area contributed by atoms with Gasteiger partial charge in [0.2, 0.25) is 0 Å². The summed E-state index contributed by atoms with van der Waals surface area (Å²) in [5, 5.41) is 0. The lowest BCUT2D eigenvalue weighted by Crippen LogP contribution is -2.48. The molecule has 1 aromatic rings. The number of benzene rings is 1. The summed E-state index contributed by atoms with van der Waals surface area (Å²) in [5.41, 5.74) is 3.50. The average Bonchev–Trinajstić information content (AvgIpc) is 3.11. The maximum absolute atomic E-state index is 13.2. The molecule has 0 radical (unpaired) electrons. The van der Waals surface area contributed by atoms with Crippen LogP contribution in [-0.4, -0.2) is 85.6 Å². The molecule has 5 heteroatoms. The lowest BCUT2D eigenvalue weighted by molar-refractivity contribution is 0.0688. The lowest BCUT2D eigenvalue weighted by atomic mass is 10.00. The van der Waals surface area contributed by atoms with Crippen LogP contribution in [0, 0.1) is 0 Å². The van der Waals surface area contributed by atoms with Gasteiger partial charge in [0.05, 0.1) is 11.3 Å². The first-order valence-electron chi connectivity index (χ1n) is 11.4. The van der Waals surface area contributed by atoms with Crippen molar-refractivity contribution in [2.24, 2.45) is 0 Å². The van der Waals surface area contributed by atoms with Gasteiger partial charge in [-0.1, -0.05) is 18.6 Å². The van der Waals surface area contributed by atoms with Gasteiger partial charge in [-0.25, -0.2) is 0 Å². The standard InChI is InChI=1S/C23H34N4O/c28-23-21-6-4-5-19-7-14-26(22(19)21)17-18-27(23)16-15-24-12-8-20(9-13-24)25-10-2-1-3-11-25/h4-6,20H,1-3,7-18H2. The summed E-state index contributed by atoms with van der Waals surface area (Å²) in [5.74, 6) is 0.240. The minimum absolute atomic E-state index is 0.240. The molecule has 4 aliphatic heterocycles. The van der Waals surface area contributed by atoms with Crippen molar-refractivity contribution in [1.29, 1.82) is 0 Å². The molecule has 152 valence electrons. The fourth-order valence-electron chi connectivity index (χ4n) is 5.71. The highest BCUT2D eigenvalue weighted by molar-refractivity contribution is 6.01. The molecule has 2 fully saturated rings. The number of likely N-dealkylation sites (tertiary alicyclic amines) is 2. The van der Waals surface area contributed by atoms with Crippen LogP contribution in [0.5, 0.6) is 0 Å². The molecule has 0 unspecified atom stereocenters. The number of hydrogen-bond acceptors (Lipinski definition) is 4. The first-order chi connectivity index (χ1) is 13.8. The third kappa shape index (κ3) is 3.55. The van der Waals surface area contributed by atoms with Crippen LogP contribution in [0.1, 0.15) is 48.0 Å². The number of piperidine rings is 2. The molecule has 0 bridgehead atoms. The summed E-state index contributed by atoms with van der Waals surface area (Å²) in [7, 11) is 0. The van der Waals surface area contributed by atoms with E-state index in [0.29, 0.717) is 0 Å². The summed E-state index contributed by atoms with van der Waals surface area (Å²) in [4.78, 5) is 23.0. The molecule has 2 saturated heterocycles. The molecule has 0 aromatic heterocycles. The van der Waals surface area contributed by atoms with Gasteiger partial charge in [-0.2, -0.15) is 0 Å². The van der Waals surface area contributed by atoms with Gasteiger partial charge in [0.25, 0.3) is 5.91 Å². The smallest absolute Gasteiger partial charge is 0.256 e. The first kappa shape index (κ1) is 18.4. The zero-order valence-corrected chi connectivity index (χ0v) is 17.1. The molecule has 1 amide bonds. The van der Waals surface area contributed by atoms with E-state index in [1.54, 1.807) is 0 Å². The highest BCUT2D eigenvalue weighted by atomic mass is 16.2. The van der Waals surface area contributed by atoms with Gasteiger partial charge in [-0.05, 0) is 69.9 Å². The van der Waals surface area contributed by atoms with E-state index in [1.807, 2.05) is 6.07 Å². The number of rotatable bonds is 4. The van der Waals surface area contributed by atoms with Gasteiger partial charge in [0.1, 0.15) is 0 Å². The van der Waals surface area contributed by atoms with E-state index in [0.717, 1.165) is 50.7 Å². The molecule has 0 atom stereocenters. The minimum atomic E-state index is 0.240. The number of hydrogen-bond donors (Lipinski definition) is 0. The summed E-state index contributed by atoms with van der Waals surface area (Å²) in [6.45, 7) is 9.79. The number of anilines is 1. The highest BCUT2D eigenvalue weighted by Crippen LogP contribution is 2.34. The van der Waals surface area contributed by atoms with Crippen molar-refractivity contribution in [1.82, 2.24) is 14.7 Å². The Morgan fingerprint density at radius 1 is 0.857 bits per heavy atom. The van der Waals surface area contributed by atoms with E-state index in [9.17, 15) is 4.79 Å². The average molecular weight is 383 g/mol. The number of para-hydroxylation sites is 1. The molecule has 0 spiro atoms. The minimum Gasteiger partial charge on any atom is -0.369 e. The summed E-state index contributed by atoms with van der Waals surface area (Å²) >= 11 is 0. The maximum Gasteiger partial charge on any atom is 0.256 e. The second-order valence-electron chi connectivity index (χ2n) is 9.01. The van der Waals surface area contributed by atoms with Crippen molar-refractivity contribution in [3.8, 4) is 0 Å². The highest BCUT2D eigenvalue weighted by Gasteiger charge is 2.31. The molecular weight excluding hydrogens is 348 g/mol. The largest absolute Gasteiger partial charge is 0.369 e. The topological polar surface area (TPSA) is 30.0 Å². The molecule has 1 aromatic carbocycles. The Balaban J connectivity index is 1.16. The van der Waals surface area contributed by atoms with Crippen LogP contribution < -0.4 is 4.90 Å². The Kier molecular flexibility index (Phi) is 5.29. The molecule has 0 saturated carbocycles. The third-order valence-corrected chi connectivity index (χ3v) is 7.39. The van der Waals surface area contributed by atoms with E-state index in [1.165, 1.54) is 69.5 Å². The summed E-state index contributed by atoms with van der Waals surface area (Å²) in [6.07, 6.45) is 7.88. The van der Waals surface area contributed by atoms with Crippen molar-refractivity contribution in [2.75, 3.05) is 63.8 Å². The van der Waals surface area contributed by atoms with E-state index in [4.69, 9.17) is 0 Å². The molecule has 4 aliphatic rings. The van der Waals surface area contributed by atoms with Crippen LogP contribution in [0.25, 0.3) is 0 Å². The normalized spacial score (nSPS) is 24.5. The van der Waals surface area contributed by atoms with E-state index >= 15 is 0 Å². The van der Waals surface area contributed by atoms with E-state index in [2.05, 4.69) is 31.7 Å². The monoisotopic (exact) mass is 382 g/mol. The molecule has 5 rings (SSSR count). The van der Waals surface area contributed by atoms with Gasteiger partial charge in [0, 0.05) is 38.8 Å². The fourth-order valence-corrected chi connectivity index (χ4v) is 5.71. The van der Waals surface area contributed by atoms with Gasteiger partial charge in [-0.3, -0.25) is 4.79 Å². The Morgan fingerprint density at radius 2 is 1.68 bits per heavy atom. The van der Waals surface area contributed by atoms with Crippen LogP contribution >= 0.6 is 0 Å². The van der Waals surface area contributed by atoms with Crippen molar-refractivity contribution in [3.05, 3.63) is 29.3 Å². The molecule has 5 nitrogen and oxygen atoms in total. The molecule has 0 N–H and O–H groups in total. The lowest BCUT2D eigenvalue weighted by Gasteiger charge is -2.40. The zero-order valence-electron chi connectivity index (χ0n) is 17.1. The predicted molar refractivity (Wildman–Crippen MR) is 113 cm³/mol. The van der Waals surface area contributed by atoms with Crippen LogP contribution in [-0.2, 0) is 6.42 Å². The van der Waals surface area contributed by atoms with Crippen molar-refractivity contribution in [3.63, 3.8) is 0 Å². The predicted octanol–water partition coefficient (Wildman–Crippen LogP) is 2.46. The second kappa shape index (κ2) is 8.03. The fraction of sp³-hybridized carbons (Fsp3) is 0.696. The van der Waals surface area contributed by atoms with Crippen LogP contribution in [0.15, 0.2) is 18.2 Å². The zero-order chi connectivity index (χ0) is 18.9. The number of nitrogens with zero attached hydrogens (tertiary/aromatic N) is 4. The summed E-state index contributed by atoms with van der Waals surface area (Å²) < 4.78 is 0. The van der Waals surface area contributed by atoms with Crippen LogP contribution in [0.2, 0.25) is 0 Å².